The summed E-state index contributed by atoms with van der Waals surface area (Å²) in [7, 11) is 1.33. The standard InChI is InChI=1S/C27H37NO4/c1-4-5-6-7-8-9-10-23-11-13-24(14-12-23)19-28(22(2)29)20-25-15-17-26(18-16-25)32-21-27(30)31-3/h11-18H,4-10,19-21H2,1-3H3. The SMILES string of the molecule is CCCCCCCCc1ccc(CN(Cc2ccc(OCC(=O)OC)cc2)C(C)=O)cc1. The summed E-state index contributed by atoms with van der Waals surface area (Å²) in [6, 6.07) is 16.1. The third kappa shape index (κ3) is 9.54. The molecular weight excluding hydrogens is 402 g/mol. The molecule has 0 fully saturated rings. The Labute approximate surface area is 192 Å². The molecule has 0 spiro atoms. The van der Waals surface area contributed by atoms with E-state index in [2.05, 4.69) is 35.9 Å². The van der Waals surface area contributed by atoms with Crippen molar-refractivity contribution in [2.24, 2.45) is 0 Å². The van der Waals surface area contributed by atoms with Gasteiger partial charge in [0.15, 0.2) is 6.61 Å². The normalized spacial score (nSPS) is 10.6. The topological polar surface area (TPSA) is 55.8 Å². The van der Waals surface area contributed by atoms with Gasteiger partial charge in [0.05, 0.1) is 7.11 Å². The number of ether oxygens (including phenoxy) is 2. The molecule has 0 bridgehead atoms. The molecule has 2 aromatic carbocycles. The summed E-state index contributed by atoms with van der Waals surface area (Å²) in [6.07, 6.45) is 8.96. The number of benzene rings is 2. The minimum absolute atomic E-state index is 0.0344. The van der Waals surface area contributed by atoms with E-state index < -0.39 is 5.97 Å². The molecule has 2 rings (SSSR count). The molecule has 2 aromatic rings. The molecule has 0 aliphatic heterocycles. The fourth-order valence-corrected chi connectivity index (χ4v) is 3.53. The quantitative estimate of drug-likeness (QED) is 0.280. The van der Waals surface area contributed by atoms with Crippen LogP contribution in [0.5, 0.6) is 5.75 Å². The van der Waals surface area contributed by atoms with Crippen molar-refractivity contribution in [3.05, 3.63) is 65.2 Å². The second-order valence-corrected chi connectivity index (χ2v) is 8.22. The van der Waals surface area contributed by atoms with Crippen molar-refractivity contribution in [1.29, 1.82) is 0 Å². The van der Waals surface area contributed by atoms with Gasteiger partial charge >= 0.3 is 5.97 Å². The molecule has 5 heteroatoms. The highest BCUT2D eigenvalue weighted by atomic mass is 16.6. The predicted molar refractivity (Wildman–Crippen MR) is 127 cm³/mol. The van der Waals surface area contributed by atoms with Crippen LogP contribution < -0.4 is 4.74 Å². The molecule has 174 valence electrons. The Kier molecular flexibility index (Phi) is 11.4. The van der Waals surface area contributed by atoms with Gasteiger partial charge in [-0.2, -0.15) is 0 Å². The molecule has 0 saturated carbocycles. The summed E-state index contributed by atoms with van der Waals surface area (Å²) >= 11 is 0. The van der Waals surface area contributed by atoms with Gasteiger partial charge < -0.3 is 14.4 Å². The first kappa shape index (κ1) is 25.4. The summed E-state index contributed by atoms with van der Waals surface area (Å²) in [5.41, 5.74) is 3.50. The van der Waals surface area contributed by atoms with Crippen LogP contribution in [0.15, 0.2) is 48.5 Å². The number of hydrogen-bond donors (Lipinski definition) is 0. The van der Waals surface area contributed by atoms with Gasteiger partial charge in [-0.25, -0.2) is 4.79 Å². The highest BCUT2D eigenvalue weighted by molar-refractivity contribution is 5.73. The van der Waals surface area contributed by atoms with Crippen molar-refractivity contribution in [3.8, 4) is 5.75 Å². The minimum atomic E-state index is -0.421. The number of amides is 1. The Morgan fingerprint density at radius 2 is 1.31 bits per heavy atom. The third-order valence-electron chi connectivity index (χ3n) is 5.54. The Balaban J connectivity index is 1.83. The van der Waals surface area contributed by atoms with Crippen LogP contribution in [-0.2, 0) is 33.8 Å². The van der Waals surface area contributed by atoms with Crippen LogP contribution in [-0.4, -0.2) is 30.5 Å². The summed E-state index contributed by atoms with van der Waals surface area (Å²) in [4.78, 5) is 25.2. The lowest BCUT2D eigenvalue weighted by Gasteiger charge is -2.21. The van der Waals surface area contributed by atoms with Gasteiger partial charge in [0.1, 0.15) is 5.75 Å². The van der Waals surface area contributed by atoms with Crippen LogP contribution in [0.1, 0.15) is 69.1 Å². The van der Waals surface area contributed by atoms with Crippen molar-refractivity contribution in [2.45, 2.75) is 71.9 Å². The number of hydrogen-bond acceptors (Lipinski definition) is 4. The Morgan fingerprint density at radius 1 is 0.781 bits per heavy atom. The summed E-state index contributed by atoms with van der Waals surface area (Å²) in [6.45, 7) is 4.82. The van der Waals surface area contributed by atoms with E-state index in [1.165, 1.54) is 51.2 Å². The number of rotatable bonds is 14. The summed E-state index contributed by atoms with van der Waals surface area (Å²) in [5.74, 6) is 0.205. The molecule has 0 aromatic heterocycles. The maximum absolute atomic E-state index is 12.2. The van der Waals surface area contributed by atoms with Gasteiger partial charge in [-0.1, -0.05) is 75.4 Å². The van der Waals surface area contributed by atoms with Crippen molar-refractivity contribution in [1.82, 2.24) is 4.90 Å². The average Bonchev–Trinajstić information content (AvgIpc) is 2.81. The molecule has 1 amide bonds. The lowest BCUT2D eigenvalue weighted by molar-refractivity contribution is -0.142. The molecule has 0 radical (unpaired) electrons. The maximum atomic E-state index is 12.2. The molecule has 0 N–H and O–H groups in total. The Hall–Kier alpha value is -2.82. The van der Waals surface area contributed by atoms with Crippen molar-refractivity contribution in [2.75, 3.05) is 13.7 Å². The van der Waals surface area contributed by atoms with Gasteiger partial charge in [-0.05, 0) is 41.7 Å². The zero-order valence-electron chi connectivity index (χ0n) is 19.8. The first-order chi connectivity index (χ1) is 15.5. The highest BCUT2D eigenvalue weighted by Crippen LogP contribution is 2.17. The fraction of sp³-hybridized carbons (Fsp3) is 0.481. The van der Waals surface area contributed by atoms with Crippen LogP contribution >= 0.6 is 0 Å². The van der Waals surface area contributed by atoms with E-state index in [1.54, 1.807) is 19.1 Å². The lowest BCUT2D eigenvalue weighted by Crippen LogP contribution is -2.27. The molecule has 0 unspecified atom stereocenters. The molecule has 0 aliphatic carbocycles. The second kappa shape index (κ2) is 14.3. The number of carbonyl (C=O) groups excluding carboxylic acids is 2. The molecular formula is C27H37NO4. The smallest absolute Gasteiger partial charge is 0.343 e. The van der Waals surface area contributed by atoms with Gasteiger partial charge in [0.25, 0.3) is 0 Å². The molecule has 0 atom stereocenters. The molecule has 0 saturated heterocycles. The van der Waals surface area contributed by atoms with Crippen LogP contribution in [0.4, 0.5) is 0 Å². The zero-order chi connectivity index (χ0) is 23.2. The zero-order valence-corrected chi connectivity index (χ0v) is 19.8. The van der Waals surface area contributed by atoms with E-state index in [0.717, 1.165) is 17.5 Å². The van der Waals surface area contributed by atoms with Gasteiger partial charge in [0, 0.05) is 20.0 Å². The Morgan fingerprint density at radius 3 is 1.88 bits per heavy atom. The highest BCUT2D eigenvalue weighted by Gasteiger charge is 2.11. The van der Waals surface area contributed by atoms with E-state index >= 15 is 0 Å². The van der Waals surface area contributed by atoms with E-state index in [4.69, 9.17) is 4.74 Å². The first-order valence-electron chi connectivity index (χ1n) is 11.6. The lowest BCUT2D eigenvalue weighted by atomic mass is 10.0. The van der Waals surface area contributed by atoms with Crippen molar-refractivity contribution >= 4 is 11.9 Å². The Bertz CT molecular complexity index is 815. The molecule has 0 aliphatic rings. The summed E-state index contributed by atoms with van der Waals surface area (Å²) in [5, 5.41) is 0. The molecule has 32 heavy (non-hydrogen) atoms. The molecule has 5 nitrogen and oxygen atoms in total. The largest absolute Gasteiger partial charge is 0.482 e. The van der Waals surface area contributed by atoms with E-state index in [-0.39, 0.29) is 12.5 Å². The van der Waals surface area contributed by atoms with Crippen LogP contribution in [0.25, 0.3) is 0 Å². The number of unbranched alkanes of at least 4 members (excludes halogenated alkanes) is 5. The van der Waals surface area contributed by atoms with E-state index in [9.17, 15) is 9.59 Å². The van der Waals surface area contributed by atoms with Crippen molar-refractivity contribution < 1.29 is 19.1 Å². The monoisotopic (exact) mass is 439 g/mol. The number of carbonyl (C=O) groups is 2. The predicted octanol–water partition coefficient (Wildman–Crippen LogP) is 5.69. The van der Waals surface area contributed by atoms with E-state index in [0.29, 0.717) is 18.8 Å². The maximum Gasteiger partial charge on any atom is 0.343 e. The fourth-order valence-electron chi connectivity index (χ4n) is 3.53. The summed E-state index contributed by atoms with van der Waals surface area (Å²) < 4.78 is 9.94. The molecule has 0 heterocycles. The van der Waals surface area contributed by atoms with Gasteiger partial charge in [-0.3, -0.25) is 4.79 Å². The van der Waals surface area contributed by atoms with E-state index in [1.807, 2.05) is 17.0 Å². The number of aryl methyl sites for hydroxylation is 1. The number of esters is 1. The van der Waals surface area contributed by atoms with Crippen LogP contribution in [0, 0.1) is 0 Å². The minimum Gasteiger partial charge on any atom is -0.482 e. The number of methoxy groups -OCH3 is 1. The van der Waals surface area contributed by atoms with Gasteiger partial charge in [-0.15, -0.1) is 0 Å². The van der Waals surface area contributed by atoms with Crippen LogP contribution in [0.3, 0.4) is 0 Å². The first-order valence-corrected chi connectivity index (χ1v) is 11.6. The third-order valence-corrected chi connectivity index (χ3v) is 5.54. The van der Waals surface area contributed by atoms with Crippen molar-refractivity contribution in [3.63, 3.8) is 0 Å². The number of nitrogens with zero attached hydrogens (tertiary/aromatic N) is 1. The van der Waals surface area contributed by atoms with Gasteiger partial charge in [0.2, 0.25) is 5.91 Å². The average molecular weight is 440 g/mol. The van der Waals surface area contributed by atoms with Crippen LogP contribution in [0.2, 0.25) is 0 Å². The second-order valence-electron chi connectivity index (χ2n) is 8.22.